The number of nitrogens with zero attached hydrogens (tertiary/aromatic N) is 2. The normalized spacial score (nSPS) is 32.2. The van der Waals surface area contributed by atoms with E-state index in [-0.39, 0.29) is 12.4 Å². The summed E-state index contributed by atoms with van der Waals surface area (Å²) < 4.78 is 0. The van der Waals surface area contributed by atoms with Crippen molar-refractivity contribution in [2.24, 2.45) is 17.6 Å². The Morgan fingerprint density at radius 1 is 1.29 bits per heavy atom. The highest BCUT2D eigenvalue weighted by Crippen LogP contribution is 2.37. The minimum Gasteiger partial charge on any atom is -0.327 e. The molecule has 0 radical (unpaired) electrons. The molecule has 1 aliphatic heterocycles. The van der Waals surface area contributed by atoms with Gasteiger partial charge < -0.3 is 5.73 Å². The highest BCUT2D eigenvalue weighted by atomic mass is 35.5. The first-order chi connectivity index (χ1) is 7.83. The van der Waals surface area contributed by atoms with E-state index in [9.17, 15) is 0 Å². The molecule has 1 aromatic rings. The van der Waals surface area contributed by atoms with E-state index in [1.807, 2.05) is 12.3 Å². The van der Waals surface area contributed by atoms with E-state index < -0.39 is 0 Å². The van der Waals surface area contributed by atoms with Crippen molar-refractivity contribution in [2.45, 2.75) is 25.4 Å². The largest absolute Gasteiger partial charge is 0.327 e. The number of fused-ring (bicyclic) bond motifs is 1. The van der Waals surface area contributed by atoms with Crippen molar-refractivity contribution in [1.82, 2.24) is 9.88 Å². The summed E-state index contributed by atoms with van der Waals surface area (Å²) in [7, 11) is 0. The summed E-state index contributed by atoms with van der Waals surface area (Å²) in [4.78, 5) is 6.89. The van der Waals surface area contributed by atoms with Crippen molar-refractivity contribution in [3.05, 3.63) is 30.1 Å². The molecule has 2 fully saturated rings. The molecule has 17 heavy (non-hydrogen) atoms. The molecular formula is C13H20ClN3. The molecule has 3 atom stereocenters. The first kappa shape index (κ1) is 12.8. The van der Waals surface area contributed by atoms with Crippen LogP contribution < -0.4 is 5.73 Å². The molecule has 1 aromatic heterocycles. The van der Waals surface area contributed by atoms with Gasteiger partial charge in [-0.15, -0.1) is 12.4 Å². The number of rotatable bonds is 2. The molecule has 1 saturated carbocycles. The molecule has 2 heterocycles. The standard InChI is InChI=1S/C13H19N3.ClH/c14-13-5-4-10-7-16(9-12(10)13)8-11-3-1-2-6-15-11;/h1-3,6,10,12-13H,4-5,7-9,14H2;1H. The summed E-state index contributed by atoms with van der Waals surface area (Å²) in [5, 5.41) is 0. The molecule has 2 N–H and O–H groups in total. The predicted octanol–water partition coefficient (Wildman–Crippen LogP) is 1.67. The monoisotopic (exact) mass is 253 g/mol. The van der Waals surface area contributed by atoms with Crippen LogP contribution in [0, 0.1) is 11.8 Å². The van der Waals surface area contributed by atoms with Crippen LogP contribution >= 0.6 is 12.4 Å². The maximum Gasteiger partial charge on any atom is 0.0543 e. The third kappa shape index (κ3) is 2.62. The fraction of sp³-hybridized carbons (Fsp3) is 0.615. The maximum absolute atomic E-state index is 6.13. The second-order valence-corrected chi connectivity index (χ2v) is 5.18. The fourth-order valence-corrected chi connectivity index (χ4v) is 3.25. The summed E-state index contributed by atoms with van der Waals surface area (Å²) in [5.41, 5.74) is 7.31. The molecule has 0 bridgehead atoms. The van der Waals surface area contributed by atoms with Gasteiger partial charge in [0.2, 0.25) is 0 Å². The number of nitrogens with two attached hydrogens (primary N) is 1. The Hall–Kier alpha value is -0.640. The second kappa shape index (κ2) is 5.34. The molecule has 1 saturated heterocycles. The summed E-state index contributed by atoms with van der Waals surface area (Å²) >= 11 is 0. The zero-order valence-corrected chi connectivity index (χ0v) is 10.8. The van der Waals surface area contributed by atoms with Gasteiger partial charge in [0.15, 0.2) is 0 Å². The van der Waals surface area contributed by atoms with Crippen molar-refractivity contribution >= 4 is 12.4 Å². The molecule has 4 heteroatoms. The van der Waals surface area contributed by atoms with Gasteiger partial charge in [-0.1, -0.05) is 6.07 Å². The lowest BCUT2D eigenvalue weighted by molar-refractivity contribution is 0.295. The van der Waals surface area contributed by atoms with Crippen LogP contribution in [-0.4, -0.2) is 29.0 Å². The third-order valence-electron chi connectivity index (χ3n) is 4.10. The zero-order valence-electron chi connectivity index (χ0n) is 9.96. The minimum absolute atomic E-state index is 0. The van der Waals surface area contributed by atoms with Crippen LogP contribution in [0.15, 0.2) is 24.4 Å². The Morgan fingerprint density at radius 3 is 2.88 bits per heavy atom. The molecule has 1 aliphatic carbocycles. The van der Waals surface area contributed by atoms with Gasteiger partial charge in [-0.2, -0.15) is 0 Å². The predicted molar refractivity (Wildman–Crippen MR) is 71.0 cm³/mol. The van der Waals surface area contributed by atoms with E-state index in [1.165, 1.54) is 31.6 Å². The number of hydrogen-bond donors (Lipinski definition) is 1. The summed E-state index contributed by atoms with van der Waals surface area (Å²) in [6.07, 6.45) is 4.43. The van der Waals surface area contributed by atoms with Crippen LogP contribution in [0.25, 0.3) is 0 Å². The van der Waals surface area contributed by atoms with Crippen LogP contribution in [0.5, 0.6) is 0 Å². The molecule has 3 nitrogen and oxygen atoms in total. The zero-order chi connectivity index (χ0) is 11.0. The Morgan fingerprint density at radius 2 is 2.18 bits per heavy atom. The van der Waals surface area contributed by atoms with Gasteiger partial charge in [0.25, 0.3) is 0 Å². The number of halogens is 1. The summed E-state index contributed by atoms with van der Waals surface area (Å²) in [6, 6.07) is 6.58. The molecule has 0 aromatic carbocycles. The van der Waals surface area contributed by atoms with Crippen LogP contribution in [0.3, 0.4) is 0 Å². The van der Waals surface area contributed by atoms with E-state index in [4.69, 9.17) is 5.73 Å². The van der Waals surface area contributed by atoms with Crippen molar-refractivity contribution in [1.29, 1.82) is 0 Å². The quantitative estimate of drug-likeness (QED) is 0.872. The van der Waals surface area contributed by atoms with E-state index in [2.05, 4.69) is 22.0 Å². The van der Waals surface area contributed by atoms with Gasteiger partial charge in [-0.3, -0.25) is 9.88 Å². The highest BCUT2D eigenvalue weighted by Gasteiger charge is 2.40. The molecular weight excluding hydrogens is 234 g/mol. The molecule has 0 spiro atoms. The fourth-order valence-electron chi connectivity index (χ4n) is 3.25. The van der Waals surface area contributed by atoms with Crippen molar-refractivity contribution < 1.29 is 0 Å². The van der Waals surface area contributed by atoms with Gasteiger partial charge in [-0.25, -0.2) is 0 Å². The lowest BCUT2D eigenvalue weighted by Gasteiger charge is -2.17. The van der Waals surface area contributed by atoms with E-state index >= 15 is 0 Å². The second-order valence-electron chi connectivity index (χ2n) is 5.18. The Kier molecular flexibility index (Phi) is 4.02. The maximum atomic E-state index is 6.13. The smallest absolute Gasteiger partial charge is 0.0543 e. The molecule has 2 aliphatic rings. The summed E-state index contributed by atoms with van der Waals surface area (Å²) in [6.45, 7) is 3.37. The van der Waals surface area contributed by atoms with Gasteiger partial charge in [0.05, 0.1) is 5.69 Å². The average Bonchev–Trinajstić information content (AvgIpc) is 2.83. The number of aromatic nitrogens is 1. The third-order valence-corrected chi connectivity index (χ3v) is 4.10. The Balaban J connectivity index is 0.00000108. The van der Waals surface area contributed by atoms with Crippen LogP contribution in [0.1, 0.15) is 18.5 Å². The van der Waals surface area contributed by atoms with Crippen LogP contribution in [0.4, 0.5) is 0 Å². The topological polar surface area (TPSA) is 42.1 Å². The SMILES string of the molecule is Cl.NC1CCC2CN(Cc3ccccn3)CC12. The lowest BCUT2D eigenvalue weighted by atomic mass is 9.98. The Bertz CT molecular complexity index is 357. The number of hydrogen-bond acceptors (Lipinski definition) is 3. The lowest BCUT2D eigenvalue weighted by Crippen LogP contribution is -2.30. The van der Waals surface area contributed by atoms with Gasteiger partial charge >= 0.3 is 0 Å². The van der Waals surface area contributed by atoms with Crippen LogP contribution in [0.2, 0.25) is 0 Å². The first-order valence-corrected chi connectivity index (χ1v) is 6.21. The van der Waals surface area contributed by atoms with Gasteiger partial charge in [0, 0.05) is 31.9 Å². The van der Waals surface area contributed by atoms with Gasteiger partial charge in [0.1, 0.15) is 0 Å². The molecule has 3 unspecified atom stereocenters. The minimum atomic E-state index is 0. The highest BCUT2D eigenvalue weighted by molar-refractivity contribution is 5.85. The van der Waals surface area contributed by atoms with Crippen molar-refractivity contribution in [3.8, 4) is 0 Å². The van der Waals surface area contributed by atoms with E-state index in [1.54, 1.807) is 0 Å². The van der Waals surface area contributed by atoms with Crippen molar-refractivity contribution in [3.63, 3.8) is 0 Å². The summed E-state index contributed by atoms with van der Waals surface area (Å²) in [5.74, 6) is 1.59. The molecule has 94 valence electrons. The number of likely N-dealkylation sites (tertiary alicyclic amines) is 1. The molecule has 0 amide bonds. The van der Waals surface area contributed by atoms with Crippen LogP contribution in [-0.2, 0) is 6.54 Å². The molecule has 3 rings (SSSR count). The van der Waals surface area contributed by atoms with Crippen molar-refractivity contribution in [2.75, 3.05) is 13.1 Å². The van der Waals surface area contributed by atoms with E-state index in [0.717, 1.165) is 18.4 Å². The Labute approximate surface area is 109 Å². The number of pyridine rings is 1. The van der Waals surface area contributed by atoms with E-state index in [0.29, 0.717) is 6.04 Å². The first-order valence-electron chi connectivity index (χ1n) is 6.21. The van der Waals surface area contributed by atoms with Gasteiger partial charge in [-0.05, 0) is 36.8 Å². The average molecular weight is 254 g/mol.